The molecule has 0 spiro atoms. The van der Waals surface area contributed by atoms with E-state index in [1.165, 1.54) is 22.5 Å². The maximum absolute atomic E-state index is 8.57. The van der Waals surface area contributed by atoms with Crippen LogP contribution in [0.15, 0.2) is 70.9 Å². The van der Waals surface area contributed by atoms with Crippen molar-refractivity contribution in [2.75, 3.05) is 31.6 Å². The minimum atomic E-state index is 0.818. The number of para-hydroxylation sites is 1. The lowest BCUT2D eigenvalue weighted by molar-refractivity contribution is 0.360. The van der Waals surface area contributed by atoms with Crippen molar-refractivity contribution in [2.24, 2.45) is 0 Å². The highest BCUT2D eigenvalue weighted by atomic mass is 35.5. The summed E-state index contributed by atoms with van der Waals surface area (Å²) in [6.45, 7) is 2.82. The van der Waals surface area contributed by atoms with E-state index in [4.69, 9.17) is 16.9 Å². The molecule has 1 heterocycles. The molecule has 0 saturated heterocycles. The first kappa shape index (κ1) is 19.5. The van der Waals surface area contributed by atoms with Crippen LogP contribution < -0.4 is 4.90 Å². The molecule has 1 aromatic carbocycles. The number of rotatable bonds is 7. The Labute approximate surface area is 167 Å². The second-order valence-electron chi connectivity index (χ2n) is 7.04. The maximum Gasteiger partial charge on any atom is 0.0909 e. The van der Waals surface area contributed by atoms with Crippen LogP contribution in [-0.4, -0.2) is 31.6 Å². The molecule has 2 aliphatic rings. The van der Waals surface area contributed by atoms with Gasteiger partial charge in [-0.25, -0.2) is 0 Å². The van der Waals surface area contributed by atoms with Crippen LogP contribution in [0.1, 0.15) is 24.8 Å². The highest BCUT2D eigenvalue weighted by molar-refractivity contribution is 6.31. The number of unbranched alkanes of at least 4 members (excludes halogenated alkanes) is 1. The first-order valence-electron chi connectivity index (χ1n) is 9.54. The van der Waals surface area contributed by atoms with Crippen molar-refractivity contribution >= 4 is 17.3 Å². The van der Waals surface area contributed by atoms with Crippen molar-refractivity contribution in [1.82, 2.24) is 4.90 Å². The third-order valence-corrected chi connectivity index (χ3v) is 5.31. The summed E-state index contributed by atoms with van der Waals surface area (Å²) in [6, 6.07) is 10.7. The number of hydrogen-bond donors (Lipinski definition) is 0. The summed E-state index contributed by atoms with van der Waals surface area (Å²) in [4.78, 5) is 4.69. The second-order valence-corrected chi connectivity index (χ2v) is 7.47. The van der Waals surface area contributed by atoms with Crippen LogP contribution in [0.3, 0.4) is 0 Å². The molecule has 0 aromatic heterocycles. The molecule has 1 aromatic rings. The smallest absolute Gasteiger partial charge is 0.0909 e. The van der Waals surface area contributed by atoms with Gasteiger partial charge in [0.1, 0.15) is 0 Å². The summed E-state index contributed by atoms with van der Waals surface area (Å²) in [5, 5.41) is 9.40. The van der Waals surface area contributed by atoms with Crippen LogP contribution in [0, 0.1) is 11.3 Å². The average Bonchev–Trinajstić information content (AvgIpc) is 2.82. The normalized spacial score (nSPS) is 16.2. The van der Waals surface area contributed by atoms with Gasteiger partial charge in [0.15, 0.2) is 0 Å². The number of likely N-dealkylation sites (N-methyl/N-ethyl adjacent to an activating group) is 1. The summed E-state index contributed by atoms with van der Waals surface area (Å²) in [5.74, 6) is 0. The zero-order chi connectivity index (χ0) is 19.1. The first-order chi connectivity index (χ1) is 13.2. The summed E-state index contributed by atoms with van der Waals surface area (Å²) in [7, 11) is 2.10. The molecular weight excluding hydrogens is 354 g/mol. The standard InChI is InChI=1S/C23H26ClN3/c1-26(15-5-4-14-25)16-6-7-17-27-22-9-3-2-8-19(22)10-11-20-12-13-21(24)18-23(20)27/h2-5,8-9,11,13,18H,6-7,10,12,15-17H2,1H3/b5-4+. The molecule has 0 amide bonds. The summed E-state index contributed by atoms with van der Waals surface area (Å²) >= 11 is 6.34. The number of benzene rings is 1. The van der Waals surface area contributed by atoms with Crippen molar-refractivity contribution in [3.05, 3.63) is 76.5 Å². The van der Waals surface area contributed by atoms with Gasteiger partial charge >= 0.3 is 0 Å². The molecule has 0 unspecified atom stereocenters. The van der Waals surface area contributed by atoms with Gasteiger partial charge in [-0.15, -0.1) is 0 Å². The fourth-order valence-corrected chi connectivity index (χ4v) is 3.79. The van der Waals surface area contributed by atoms with Gasteiger partial charge in [0, 0.05) is 35.6 Å². The Balaban J connectivity index is 1.68. The number of halogens is 1. The van der Waals surface area contributed by atoms with Crippen LogP contribution in [-0.2, 0) is 6.42 Å². The van der Waals surface area contributed by atoms with Gasteiger partial charge in [0.05, 0.1) is 6.07 Å². The first-order valence-corrected chi connectivity index (χ1v) is 9.92. The lowest BCUT2D eigenvalue weighted by Gasteiger charge is -2.30. The molecule has 27 heavy (non-hydrogen) atoms. The third-order valence-electron chi connectivity index (χ3n) is 5.04. The number of fused-ring (bicyclic) bond motifs is 2. The van der Waals surface area contributed by atoms with Gasteiger partial charge in [-0.3, -0.25) is 0 Å². The highest BCUT2D eigenvalue weighted by Crippen LogP contribution is 2.36. The quantitative estimate of drug-likeness (QED) is 0.483. The molecule has 1 aliphatic carbocycles. The van der Waals surface area contributed by atoms with Crippen molar-refractivity contribution in [1.29, 1.82) is 5.26 Å². The average molecular weight is 380 g/mol. The summed E-state index contributed by atoms with van der Waals surface area (Å²) in [5.41, 5.74) is 5.29. The van der Waals surface area contributed by atoms with Crippen LogP contribution in [0.5, 0.6) is 0 Å². The largest absolute Gasteiger partial charge is 0.341 e. The van der Waals surface area contributed by atoms with Crippen molar-refractivity contribution < 1.29 is 0 Å². The fraction of sp³-hybridized carbons (Fsp3) is 0.348. The molecular formula is C23H26ClN3. The topological polar surface area (TPSA) is 30.3 Å². The third kappa shape index (κ3) is 5.13. The molecule has 4 heteroatoms. The van der Waals surface area contributed by atoms with Gasteiger partial charge in [-0.2, -0.15) is 5.26 Å². The molecule has 140 valence electrons. The number of allylic oxidation sites excluding steroid dienone is 6. The second kappa shape index (κ2) is 9.60. The number of hydrogen-bond acceptors (Lipinski definition) is 3. The minimum absolute atomic E-state index is 0.818. The Bertz CT molecular complexity index is 826. The summed E-state index contributed by atoms with van der Waals surface area (Å²) in [6.07, 6.45) is 14.1. The zero-order valence-electron chi connectivity index (χ0n) is 15.9. The van der Waals surface area contributed by atoms with Crippen molar-refractivity contribution in [3.63, 3.8) is 0 Å². The van der Waals surface area contributed by atoms with Crippen LogP contribution in [0.4, 0.5) is 5.69 Å². The number of nitrogens with zero attached hydrogens (tertiary/aromatic N) is 3. The Hall–Kier alpha value is -2.28. The fourth-order valence-electron chi connectivity index (χ4n) is 3.61. The van der Waals surface area contributed by atoms with Crippen LogP contribution >= 0.6 is 11.6 Å². The van der Waals surface area contributed by atoms with Gasteiger partial charge in [-0.1, -0.05) is 48.0 Å². The Morgan fingerprint density at radius 1 is 1.22 bits per heavy atom. The predicted octanol–water partition coefficient (Wildman–Crippen LogP) is 5.18. The number of nitriles is 1. The molecule has 1 aliphatic heterocycles. The molecule has 3 nitrogen and oxygen atoms in total. The lowest BCUT2D eigenvalue weighted by Crippen LogP contribution is -2.27. The lowest BCUT2D eigenvalue weighted by atomic mass is 10.0. The minimum Gasteiger partial charge on any atom is -0.341 e. The van der Waals surface area contributed by atoms with E-state index >= 15 is 0 Å². The van der Waals surface area contributed by atoms with E-state index in [-0.39, 0.29) is 0 Å². The Kier molecular flexibility index (Phi) is 6.92. The molecule has 0 atom stereocenters. The summed E-state index contributed by atoms with van der Waals surface area (Å²) < 4.78 is 0. The Morgan fingerprint density at radius 3 is 2.93 bits per heavy atom. The molecule has 0 N–H and O–H groups in total. The predicted molar refractivity (Wildman–Crippen MR) is 114 cm³/mol. The van der Waals surface area contributed by atoms with Gasteiger partial charge in [-0.05, 0) is 62.6 Å². The molecule has 0 radical (unpaired) electrons. The van der Waals surface area contributed by atoms with Crippen molar-refractivity contribution in [3.8, 4) is 6.07 Å². The van der Waals surface area contributed by atoms with E-state index in [0.29, 0.717) is 0 Å². The van der Waals surface area contributed by atoms with Crippen LogP contribution in [0.2, 0.25) is 0 Å². The highest BCUT2D eigenvalue weighted by Gasteiger charge is 2.22. The van der Waals surface area contributed by atoms with Crippen LogP contribution in [0.25, 0.3) is 0 Å². The van der Waals surface area contributed by atoms with E-state index < -0.39 is 0 Å². The zero-order valence-corrected chi connectivity index (χ0v) is 16.6. The van der Waals surface area contributed by atoms with E-state index in [0.717, 1.165) is 50.3 Å². The molecule has 0 saturated carbocycles. The molecule has 0 bridgehead atoms. The van der Waals surface area contributed by atoms with Gasteiger partial charge < -0.3 is 9.80 Å². The number of anilines is 1. The van der Waals surface area contributed by atoms with E-state index in [9.17, 15) is 0 Å². The molecule has 3 rings (SSSR count). The van der Waals surface area contributed by atoms with E-state index in [1.54, 1.807) is 6.08 Å². The van der Waals surface area contributed by atoms with E-state index in [2.05, 4.69) is 59.3 Å². The SMILES string of the molecule is CN(C/C=C/C#N)CCCCN1C2=CC(Cl)=CCC2=CCc2ccccc21. The Morgan fingerprint density at radius 2 is 2.07 bits per heavy atom. The van der Waals surface area contributed by atoms with E-state index in [1.807, 2.05) is 12.1 Å². The van der Waals surface area contributed by atoms with Crippen molar-refractivity contribution in [2.45, 2.75) is 25.7 Å². The maximum atomic E-state index is 8.57. The van der Waals surface area contributed by atoms with Gasteiger partial charge in [0.25, 0.3) is 0 Å². The monoisotopic (exact) mass is 379 g/mol. The van der Waals surface area contributed by atoms with Gasteiger partial charge in [0.2, 0.25) is 0 Å². The molecule has 0 fully saturated rings.